The molecule has 0 spiro atoms. The summed E-state index contributed by atoms with van der Waals surface area (Å²) in [6, 6.07) is 0.303. The van der Waals surface area contributed by atoms with Crippen molar-refractivity contribution in [3.05, 3.63) is 11.7 Å². The Morgan fingerprint density at radius 2 is 2.05 bits per heavy atom. The molecule has 1 aromatic heterocycles. The van der Waals surface area contributed by atoms with E-state index in [1.807, 2.05) is 0 Å². The average Bonchev–Trinajstić information content (AvgIpc) is 2.90. The molecule has 4 heterocycles. The highest BCUT2D eigenvalue weighted by Crippen LogP contribution is 2.28. The first kappa shape index (κ1) is 13.0. The minimum Gasteiger partial charge on any atom is -0.337 e. The molecule has 1 atom stereocenters. The molecule has 19 heavy (non-hydrogen) atoms. The second-order valence-corrected chi connectivity index (χ2v) is 5.97. The highest BCUT2D eigenvalue weighted by Gasteiger charge is 2.37. The van der Waals surface area contributed by atoms with Gasteiger partial charge < -0.3 is 9.84 Å². The van der Waals surface area contributed by atoms with Crippen molar-refractivity contribution in [3.8, 4) is 0 Å². The molecule has 6 heteroatoms. The molecule has 4 rings (SSSR count). The molecule has 6 nitrogen and oxygen atoms in total. The van der Waals surface area contributed by atoms with E-state index in [2.05, 4.69) is 46.0 Å². The van der Waals surface area contributed by atoms with Gasteiger partial charge in [0.1, 0.15) is 0 Å². The molecule has 3 fully saturated rings. The molecule has 0 aliphatic carbocycles. The minimum atomic E-state index is -0.261. The van der Waals surface area contributed by atoms with Crippen molar-refractivity contribution in [3.63, 3.8) is 0 Å². The van der Waals surface area contributed by atoms with Crippen LogP contribution in [0.1, 0.15) is 38.5 Å². The molecule has 3 aliphatic heterocycles. The average molecular weight is 265 g/mol. The number of hydrogen-bond donors (Lipinski definition) is 1. The highest BCUT2D eigenvalue weighted by molar-refractivity contribution is 5.05. The molecule has 3 saturated heterocycles. The topological polar surface area (TPSA) is 57.4 Å². The summed E-state index contributed by atoms with van der Waals surface area (Å²) in [5.74, 6) is 1.52. The van der Waals surface area contributed by atoms with Gasteiger partial charge in [0.25, 0.3) is 0 Å². The predicted octanol–water partition coefficient (Wildman–Crippen LogP) is 0.587. The van der Waals surface area contributed by atoms with Gasteiger partial charge in [0.2, 0.25) is 5.89 Å². The Hall–Kier alpha value is -0.980. The molecule has 106 valence electrons. The van der Waals surface area contributed by atoms with Crippen molar-refractivity contribution in [2.75, 3.05) is 39.3 Å². The Labute approximate surface area is 114 Å². The van der Waals surface area contributed by atoms with Crippen molar-refractivity contribution in [1.29, 1.82) is 0 Å². The number of nitrogens with zero attached hydrogens (tertiary/aromatic N) is 4. The number of rotatable bonds is 4. The Bertz CT molecular complexity index is 436. The minimum absolute atomic E-state index is 0.261. The largest absolute Gasteiger partial charge is 0.337 e. The number of piperazine rings is 3. The fourth-order valence-electron chi connectivity index (χ4n) is 3.00. The maximum atomic E-state index is 5.47. The summed E-state index contributed by atoms with van der Waals surface area (Å²) in [7, 11) is 0. The van der Waals surface area contributed by atoms with E-state index in [-0.39, 0.29) is 5.54 Å². The molecule has 0 saturated carbocycles. The Morgan fingerprint density at radius 1 is 1.32 bits per heavy atom. The highest BCUT2D eigenvalue weighted by atomic mass is 16.5. The van der Waals surface area contributed by atoms with Gasteiger partial charge in [0, 0.05) is 32.7 Å². The fraction of sp³-hybridized carbons (Fsp3) is 0.846. The van der Waals surface area contributed by atoms with Crippen LogP contribution in [0, 0.1) is 0 Å². The van der Waals surface area contributed by atoms with Crippen molar-refractivity contribution < 1.29 is 4.52 Å². The third kappa shape index (κ3) is 2.40. The normalized spacial score (nSPS) is 30.8. The summed E-state index contributed by atoms with van der Waals surface area (Å²) in [5.41, 5.74) is -0.261. The zero-order chi connectivity index (χ0) is 13.5. The van der Waals surface area contributed by atoms with Crippen LogP contribution in [0.3, 0.4) is 0 Å². The zero-order valence-electron chi connectivity index (χ0n) is 12.0. The van der Waals surface area contributed by atoms with Gasteiger partial charge in [-0.15, -0.1) is 0 Å². The Kier molecular flexibility index (Phi) is 3.32. The first-order valence-corrected chi connectivity index (χ1v) is 7.15. The van der Waals surface area contributed by atoms with Crippen LogP contribution in [0.25, 0.3) is 0 Å². The Morgan fingerprint density at radius 3 is 2.63 bits per heavy atom. The van der Waals surface area contributed by atoms with Gasteiger partial charge in [-0.2, -0.15) is 4.98 Å². The summed E-state index contributed by atoms with van der Waals surface area (Å²) in [6.07, 6.45) is 0. The lowest BCUT2D eigenvalue weighted by molar-refractivity contribution is 0.00781. The van der Waals surface area contributed by atoms with E-state index in [9.17, 15) is 0 Å². The molecular formula is C13H23N5O. The van der Waals surface area contributed by atoms with Crippen molar-refractivity contribution >= 4 is 0 Å². The van der Waals surface area contributed by atoms with Gasteiger partial charge in [-0.3, -0.25) is 9.80 Å². The van der Waals surface area contributed by atoms with Crippen LogP contribution < -0.4 is 5.32 Å². The molecule has 1 N–H and O–H groups in total. The third-order valence-electron chi connectivity index (χ3n) is 4.17. The van der Waals surface area contributed by atoms with Crippen LogP contribution in [0.15, 0.2) is 4.52 Å². The lowest BCUT2D eigenvalue weighted by atomic mass is 10.1. The maximum absolute atomic E-state index is 5.47. The monoisotopic (exact) mass is 265 g/mol. The summed E-state index contributed by atoms with van der Waals surface area (Å²) in [5, 5.41) is 7.58. The molecule has 0 radical (unpaired) electrons. The fourth-order valence-corrected chi connectivity index (χ4v) is 3.00. The molecule has 1 aromatic rings. The molecule has 0 amide bonds. The number of hydrogen-bond acceptors (Lipinski definition) is 6. The third-order valence-corrected chi connectivity index (χ3v) is 4.17. The van der Waals surface area contributed by atoms with E-state index < -0.39 is 0 Å². The van der Waals surface area contributed by atoms with Crippen LogP contribution in [-0.4, -0.2) is 59.2 Å². The van der Waals surface area contributed by atoms with Crippen molar-refractivity contribution in [1.82, 2.24) is 25.3 Å². The number of nitrogens with one attached hydrogen (secondary N) is 1. The lowest BCUT2D eigenvalue weighted by Crippen LogP contribution is -2.57. The van der Waals surface area contributed by atoms with E-state index in [0.717, 1.165) is 32.0 Å². The van der Waals surface area contributed by atoms with E-state index in [1.54, 1.807) is 0 Å². The van der Waals surface area contributed by atoms with Crippen LogP contribution in [0.5, 0.6) is 0 Å². The maximum Gasteiger partial charge on any atom is 0.246 e. The van der Waals surface area contributed by atoms with Gasteiger partial charge in [-0.1, -0.05) is 12.1 Å². The lowest BCUT2D eigenvalue weighted by Gasteiger charge is -2.46. The Balaban J connectivity index is 1.78. The van der Waals surface area contributed by atoms with E-state index in [0.29, 0.717) is 11.9 Å². The SMILES string of the molecule is CCNC(C)(C)c1nc(C2CN3CCN2CC3)no1. The second-order valence-electron chi connectivity index (χ2n) is 5.97. The standard InChI is InChI=1S/C13H23N5O/c1-4-14-13(2,3)12-15-11(16-19-12)10-9-17-5-7-18(10)8-6-17/h10,14H,4-9H2,1-3H3. The smallest absolute Gasteiger partial charge is 0.246 e. The van der Waals surface area contributed by atoms with E-state index in [1.165, 1.54) is 13.1 Å². The summed E-state index contributed by atoms with van der Waals surface area (Å²) >= 11 is 0. The molecule has 2 bridgehead atoms. The van der Waals surface area contributed by atoms with Gasteiger partial charge in [-0.25, -0.2) is 0 Å². The van der Waals surface area contributed by atoms with E-state index >= 15 is 0 Å². The molecule has 1 unspecified atom stereocenters. The zero-order valence-corrected chi connectivity index (χ0v) is 12.0. The molecule has 0 aromatic carbocycles. The summed E-state index contributed by atoms with van der Waals surface area (Å²) in [4.78, 5) is 9.58. The van der Waals surface area contributed by atoms with Crippen LogP contribution in [0.2, 0.25) is 0 Å². The predicted molar refractivity (Wildman–Crippen MR) is 71.8 cm³/mol. The van der Waals surface area contributed by atoms with Crippen molar-refractivity contribution in [2.45, 2.75) is 32.4 Å². The number of aromatic nitrogens is 2. The summed E-state index contributed by atoms with van der Waals surface area (Å²) in [6.45, 7) is 12.7. The van der Waals surface area contributed by atoms with Gasteiger partial charge >= 0.3 is 0 Å². The van der Waals surface area contributed by atoms with Crippen LogP contribution >= 0.6 is 0 Å². The van der Waals surface area contributed by atoms with Crippen LogP contribution in [-0.2, 0) is 5.54 Å². The van der Waals surface area contributed by atoms with E-state index in [4.69, 9.17) is 4.52 Å². The van der Waals surface area contributed by atoms with Gasteiger partial charge in [0.15, 0.2) is 5.82 Å². The van der Waals surface area contributed by atoms with Gasteiger partial charge in [0.05, 0.1) is 11.6 Å². The molecule has 3 aliphatic rings. The van der Waals surface area contributed by atoms with Crippen molar-refractivity contribution in [2.24, 2.45) is 0 Å². The van der Waals surface area contributed by atoms with Crippen LogP contribution in [0.4, 0.5) is 0 Å². The van der Waals surface area contributed by atoms with Gasteiger partial charge in [-0.05, 0) is 20.4 Å². The second kappa shape index (κ2) is 4.85. The molecular weight excluding hydrogens is 242 g/mol. The quantitative estimate of drug-likeness (QED) is 0.860. The first-order chi connectivity index (χ1) is 9.10. The number of fused-ring (bicyclic) bond motifs is 3. The summed E-state index contributed by atoms with van der Waals surface area (Å²) < 4.78 is 5.47. The first-order valence-electron chi connectivity index (χ1n) is 7.15.